The zero-order valence-corrected chi connectivity index (χ0v) is 17.0. The number of aromatic carboxylic acids is 1. The number of carboxylic acids is 1. The highest BCUT2D eigenvalue weighted by molar-refractivity contribution is 6.97. The van der Waals surface area contributed by atoms with Crippen LogP contribution in [0.15, 0.2) is 36.4 Å². The molecule has 0 heterocycles. The second kappa shape index (κ2) is 12.6. The van der Waals surface area contributed by atoms with E-state index in [2.05, 4.69) is 23.2 Å². The fourth-order valence-electron chi connectivity index (χ4n) is 1.31. The molecular weight excluding hydrogens is 487 g/mol. The Morgan fingerprint density at radius 2 is 1.07 bits per heavy atom. The summed E-state index contributed by atoms with van der Waals surface area (Å²) in [6, 6.07) is 7.10. The molecule has 5 nitrogen and oxygen atoms in total. The standard InChI is InChI=1S/C7H3Cl2FO.C7H4ClFO2.C2Cl2O2/c8-4-1-2-5(7(9)11)6(10)3-4;8-4-1-2-5(7(10)11)6(9)3-4;3-1(5)2(4)6/h1-3H;1-3H,(H,10,11);. The van der Waals surface area contributed by atoms with E-state index in [0.29, 0.717) is 0 Å². The third-order valence-electron chi connectivity index (χ3n) is 2.46. The van der Waals surface area contributed by atoms with Gasteiger partial charge >= 0.3 is 16.5 Å². The summed E-state index contributed by atoms with van der Waals surface area (Å²) in [5.41, 5.74) is -0.523. The van der Waals surface area contributed by atoms with E-state index < -0.39 is 33.3 Å². The third-order valence-corrected chi connectivity index (χ3v) is 3.57. The Hall–Kier alpha value is -1.77. The van der Waals surface area contributed by atoms with E-state index in [0.717, 1.165) is 18.2 Å². The van der Waals surface area contributed by atoms with E-state index in [-0.39, 0.29) is 21.2 Å². The van der Waals surface area contributed by atoms with Gasteiger partial charge < -0.3 is 5.11 Å². The minimum absolute atomic E-state index is 0.156. The van der Waals surface area contributed by atoms with Crippen molar-refractivity contribution in [2.75, 3.05) is 0 Å². The normalized spacial score (nSPS) is 9.25. The average Bonchev–Trinajstić information content (AvgIpc) is 2.55. The van der Waals surface area contributed by atoms with E-state index in [9.17, 15) is 28.0 Å². The summed E-state index contributed by atoms with van der Waals surface area (Å²) in [5.74, 6) is -2.80. The molecule has 2 rings (SSSR count). The molecule has 0 bridgehead atoms. The Morgan fingerprint density at radius 1 is 0.714 bits per heavy atom. The van der Waals surface area contributed by atoms with Crippen LogP contribution in [0.25, 0.3) is 0 Å². The molecular formula is C16H7Cl5F2O5. The van der Waals surface area contributed by atoms with Crippen molar-refractivity contribution in [1.82, 2.24) is 0 Å². The minimum atomic E-state index is -1.29. The third kappa shape index (κ3) is 9.96. The van der Waals surface area contributed by atoms with E-state index in [4.69, 9.17) is 39.9 Å². The van der Waals surface area contributed by atoms with Gasteiger partial charge in [-0.15, -0.1) is 0 Å². The number of carboxylic acid groups (broad SMARTS) is 1. The summed E-state index contributed by atoms with van der Waals surface area (Å²) >= 11 is 24.8. The molecule has 0 aromatic heterocycles. The van der Waals surface area contributed by atoms with Crippen LogP contribution in [0.5, 0.6) is 0 Å². The SMILES string of the molecule is O=C(Cl)C(=O)Cl.O=C(Cl)c1ccc(Cl)cc1F.O=C(O)c1ccc(Cl)cc1F. The van der Waals surface area contributed by atoms with Crippen LogP contribution in [-0.4, -0.2) is 26.8 Å². The van der Waals surface area contributed by atoms with Crippen molar-refractivity contribution in [3.8, 4) is 0 Å². The van der Waals surface area contributed by atoms with Crippen molar-refractivity contribution in [2.24, 2.45) is 0 Å². The van der Waals surface area contributed by atoms with Crippen LogP contribution in [0.4, 0.5) is 8.78 Å². The first-order valence-electron chi connectivity index (χ1n) is 6.59. The Labute approximate surface area is 181 Å². The minimum Gasteiger partial charge on any atom is -0.478 e. The van der Waals surface area contributed by atoms with Gasteiger partial charge in [-0.1, -0.05) is 23.2 Å². The second-order valence-electron chi connectivity index (χ2n) is 4.37. The van der Waals surface area contributed by atoms with E-state index >= 15 is 0 Å². The Morgan fingerprint density at radius 3 is 1.32 bits per heavy atom. The number of halogens is 7. The molecule has 2 aromatic rings. The predicted molar refractivity (Wildman–Crippen MR) is 102 cm³/mol. The van der Waals surface area contributed by atoms with Crippen LogP contribution in [0.1, 0.15) is 20.7 Å². The molecule has 0 amide bonds. The first-order chi connectivity index (χ1) is 12.9. The quantitative estimate of drug-likeness (QED) is 0.446. The van der Waals surface area contributed by atoms with E-state index in [1.54, 1.807) is 0 Å². The van der Waals surface area contributed by atoms with Crippen LogP contribution in [0.2, 0.25) is 10.0 Å². The second-order valence-corrected chi connectivity index (χ2v) is 6.28. The summed E-state index contributed by atoms with van der Waals surface area (Å²) in [4.78, 5) is 39.6. The zero-order chi connectivity index (χ0) is 22.0. The zero-order valence-electron chi connectivity index (χ0n) is 13.2. The Balaban J connectivity index is 0.000000411. The largest absolute Gasteiger partial charge is 0.478 e. The number of rotatable bonds is 3. The molecule has 12 heteroatoms. The van der Waals surface area contributed by atoms with Crippen LogP contribution < -0.4 is 0 Å². The molecule has 0 aliphatic rings. The molecule has 28 heavy (non-hydrogen) atoms. The molecule has 0 atom stereocenters. The van der Waals surface area contributed by atoms with Gasteiger partial charge in [0.25, 0.3) is 5.24 Å². The number of carbonyl (C=O) groups excluding carboxylic acids is 3. The van der Waals surface area contributed by atoms with Gasteiger partial charge in [-0.3, -0.25) is 14.4 Å². The molecule has 0 radical (unpaired) electrons. The maximum Gasteiger partial charge on any atom is 0.338 e. The Kier molecular flexibility index (Phi) is 11.8. The monoisotopic (exact) mass is 492 g/mol. The summed E-state index contributed by atoms with van der Waals surface area (Å²) in [7, 11) is 0. The molecule has 150 valence electrons. The molecule has 0 spiro atoms. The van der Waals surface area contributed by atoms with Crippen molar-refractivity contribution in [3.63, 3.8) is 0 Å². The topological polar surface area (TPSA) is 88.5 Å². The lowest BCUT2D eigenvalue weighted by molar-refractivity contribution is -0.127. The lowest BCUT2D eigenvalue weighted by Crippen LogP contribution is -1.99. The molecule has 0 fully saturated rings. The molecule has 0 saturated carbocycles. The molecule has 0 aliphatic carbocycles. The van der Waals surface area contributed by atoms with Crippen molar-refractivity contribution >= 4 is 79.7 Å². The fourth-order valence-corrected chi connectivity index (χ4v) is 1.78. The molecule has 0 saturated heterocycles. The first kappa shape index (κ1) is 26.2. The highest BCUT2D eigenvalue weighted by Crippen LogP contribution is 2.16. The number of hydrogen-bond donors (Lipinski definition) is 1. The van der Waals surface area contributed by atoms with Crippen molar-refractivity contribution in [3.05, 3.63) is 69.2 Å². The van der Waals surface area contributed by atoms with E-state index in [1.165, 1.54) is 18.2 Å². The van der Waals surface area contributed by atoms with Gasteiger partial charge in [-0.2, -0.15) is 0 Å². The molecule has 1 N–H and O–H groups in total. The average molecular weight is 494 g/mol. The molecule has 0 unspecified atom stereocenters. The lowest BCUT2D eigenvalue weighted by Gasteiger charge is -1.95. The van der Waals surface area contributed by atoms with Crippen LogP contribution in [0, 0.1) is 11.6 Å². The van der Waals surface area contributed by atoms with Crippen molar-refractivity contribution in [1.29, 1.82) is 0 Å². The summed E-state index contributed by atoms with van der Waals surface area (Å²) in [5, 5.41) is 5.70. The van der Waals surface area contributed by atoms with Crippen LogP contribution >= 0.6 is 58.0 Å². The van der Waals surface area contributed by atoms with Gasteiger partial charge in [0.15, 0.2) is 0 Å². The fraction of sp³-hybridized carbons (Fsp3) is 0. The van der Waals surface area contributed by atoms with Gasteiger partial charge in [-0.25, -0.2) is 13.6 Å². The number of hydrogen-bond acceptors (Lipinski definition) is 4. The van der Waals surface area contributed by atoms with Gasteiger partial charge in [0, 0.05) is 10.0 Å². The van der Waals surface area contributed by atoms with Gasteiger partial charge in [0.05, 0.1) is 11.1 Å². The van der Waals surface area contributed by atoms with Crippen molar-refractivity contribution in [2.45, 2.75) is 0 Å². The van der Waals surface area contributed by atoms with Gasteiger partial charge in [0.1, 0.15) is 11.6 Å². The maximum absolute atomic E-state index is 12.7. The summed E-state index contributed by atoms with van der Waals surface area (Å²) < 4.78 is 25.3. The Bertz CT molecular complexity index is 831. The number of benzene rings is 2. The van der Waals surface area contributed by atoms with Crippen LogP contribution in [-0.2, 0) is 9.59 Å². The molecule has 2 aromatic carbocycles. The maximum atomic E-state index is 12.7. The van der Waals surface area contributed by atoms with Gasteiger partial charge in [0.2, 0.25) is 0 Å². The predicted octanol–water partition coefficient (Wildman–Crippen LogP) is 5.55. The summed E-state index contributed by atoms with van der Waals surface area (Å²) in [6.45, 7) is 0. The van der Waals surface area contributed by atoms with Crippen LogP contribution in [0.3, 0.4) is 0 Å². The number of carbonyl (C=O) groups is 4. The van der Waals surface area contributed by atoms with E-state index in [1.807, 2.05) is 0 Å². The smallest absolute Gasteiger partial charge is 0.338 e. The molecule has 0 aliphatic heterocycles. The lowest BCUT2D eigenvalue weighted by atomic mass is 10.2. The first-order valence-corrected chi connectivity index (χ1v) is 8.48. The van der Waals surface area contributed by atoms with Gasteiger partial charge in [-0.05, 0) is 71.2 Å². The highest BCUT2D eigenvalue weighted by Gasteiger charge is 2.09. The highest BCUT2D eigenvalue weighted by atomic mass is 35.5. The summed E-state index contributed by atoms with van der Waals surface area (Å²) in [6.07, 6.45) is 0. The van der Waals surface area contributed by atoms with Crippen molar-refractivity contribution < 1.29 is 33.1 Å².